The van der Waals surface area contributed by atoms with Crippen molar-refractivity contribution in [2.24, 2.45) is 0 Å². The van der Waals surface area contributed by atoms with E-state index in [-0.39, 0.29) is 0 Å². The molecule has 0 aliphatic heterocycles. The normalized spacial score (nSPS) is 13.9. The number of hydrogen-bond donors (Lipinski definition) is 0. The average molecular weight is 807 g/mol. The molecule has 11 rings (SSSR count). The number of pyridine rings is 1. The van der Waals surface area contributed by atoms with E-state index >= 15 is 0 Å². The monoisotopic (exact) mass is 806 g/mol. The molecule has 0 fully saturated rings. The van der Waals surface area contributed by atoms with E-state index in [2.05, 4.69) is 213 Å². The van der Waals surface area contributed by atoms with Crippen LogP contribution in [-0.4, -0.2) is 19.9 Å². The van der Waals surface area contributed by atoms with E-state index in [0.29, 0.717) is 17.5 Å². The molecule has 0 spiro atoms. The summed E-state index contributed by atoms with van der Waals surface area (Å²) in [6.45, 7) is 4.01. The number of fused-ring (bicyclic) bond motifs is 3. The topological polar surface area (TPSA) is 51.6 Å². The van der Waals surface area contributed by atoms with Gasteiger partial charge in [-0.1, -0.05) is 188 Å². The Bertz CT molecular complexity index is 3310. The molecule has 1 aliphatic carbocycles. The zero-order valence-electron chi connectivity index (χ0n) is 35.1. The van der Waals surface area contributed by atoms with Crippen LogP contribution >= 0.6 is 0 Å². The molecule has 10 aromatic rings. The number of hydrogen-bond acceptors (Lipinski definition) is 4. The van der Waals surface area contributed by atoms with Crippen LogP contribution in [0.3, 0.4) is 0 Å². The molecule has 1 atom stereocenters. The Balaban J connectivity index is 1.07. The summed E-state index contributed by atoms with van der Waals surface area (Å²) in [6, 6.07) is 76.2. The Labute approximate surface area is 368 Å². The summed E-state index contributed by atoms with van der Waals surface area (Å²) in [5.74, 6) is 1.99. The van der Waals surface area contributed by atoms with Crippen LogP contribution in [0.2, 0.25) is 0 Å². The Morgan fingerprint density at radius 1 is 0.317 bits per heavy atom. The lowest BCUT2D eigenvalue weighted by atomic mass is 9.67. The Kier molecular flexibility index (Phi) is 9.47. The molecule has 0 bridgehead atoms. The lowest BCUT2D eigenvalue weighted by molar-refractivity contribution is 0.769. The average Bonchev–Trinajstić information content (AvgIpc) is 3.65. The summed E-state index contributed by atoms with van der Waals surface area (Å²) in [7, 11) is 0. The van der Waals surface area contributed by atoms with Crippen LogP contribution in [0.25, 0.3) is 78.4 Å². The fourth-order valence-electron chi connectivity index (χ4n) is 9.63. The molecule has 1 unspecified atom stereocenters. The minimum Gasteiger partial charge on any atom is -0.261 e. The highest BCUT2D eigenvalue weighted by molar-refractivity contribution is 5.93. The second kappa shape index (κ2) is 15.7. The Morgan fingerprint density at radius 2 is 0.873 bits per heavy atom. The van der Waals surface area contributed by atoms with Crippen LogP contribution in [0.4, 0.5) is 0 Å². The van der Waals surface area contributed by atoms with Gasteiger partial charge in [0.05, 0.1) is 5.41 Å². The molecule has 0 saturated carbocycles. The molecule has 2 aromatic heterocycles. The van der Waals surface area contributed by atoms with Gasteiger partial charge >= 0.3 is 0 Å². The maximum atomic E-state index is 5.13. The number of benzene rings is 8. The molecule has 1 aliphatic rings. The largest absolute Gasteiger partial charge is 0.261 e. The van der Waals surface area contributed by atoms with Crippen LogP contribution in [0.15, 0.2) is 219 Å². The molecule has 0 N–H and O–H groups in total. The highest BCUT2D eigenvalue weighted by atomic mass is 15.0. The lowest BCUT2D eigenvalue weighted by Gasteiger charge is -2.34. The predicted octanol–water partition coefficient (Wildman–Crippen LogP) is 14.2. The summed E-state index contributed by atoms with van der Waals surface area (Å²) in [4.78, 5) is 19.6. The SMILES string of the molecule is Cc1cc(-c2ccccc2-c2cccc(C3(c4ccccc4)c4ccccc4-c4cc(-c5nc(C)nc(-c6cccc(-c7ccccc7)c6)n5)ccc43)c2)c(-c2ccccc2)cn1. The van der Waals surface area contributed by atoms with Crippen molar-refractivity contribution in [1.82, 2.24) is 19.9 Å². The van der Waals surface area contributed by atoms with Crippen molar-refractivity contribution in [2.75, 3.05) is 0 Å². The predicted molar refractivity (Wildman–Crippen MR) is 257 cm³/mol. The Morgan fingerprint density at radius 3 is 1.63 bits per heavy atom. The number of rotatable bonds is 8. The van der Waals surface area contributed by atoms with E-state index in [1.165, 1.54) is 44.5 Å². The second-order valence-electron chi connectivity index (χ2n) is 16.3. The second-order valence-corrected chi connectivity index (χ2v) is 16.3. The zero-order chi connectivity index (χ0) is 42.3. The van der Waals surface area contributed by atoms with E-state index in [1.807, 2.05) is 19.2 Å². The van der Waals surface area contributed by atoms with Crippen LogP contribution in [-0.2, 0) is 5.41 Å². The molecule has 0 amide bonds. The third-order valence-electron chi connectivity index (χ3n) is 12.4. The molecule has 63 heavy (non-hydrogen) atoms. The van der Waals surface area contributed by atoms with Gasteiger partial charge in [-0.3, -0.25) is 4.98 Å². The highest BCUT2D eigenvalue weighted by Gasteiger charge is 2.46. The number of nitrogens with zero attached hydrogens (tertiary/aromatic N) is 4. The van der Waals surface area contributed by atoms with E-state index in [9.17, 15) is 0 Å². The van der Waals surface area contributed by atoms with Crippen molar-refractivity contribution in [3.8, 4) is 78.4 Å². The third-order valence-corrected chi connectivity index (χ3v) is 12.4. The molecule has 0 radical (unpaired) electrons. The first-order valence-electron chi connectivity index (χ1n) is 21.5. The maximum Gasteiger partial charge on any atom is 0.163 e. The standard InChI is InChI=1S/C59H42N4/c1-39-34-52(54(38-60-39)42-20-8-4-9-21-42)50-29-13-12-28-49(50)44-23-17-27-48(36-44)59(47-25-10-5-11-26-47)55-31-15-14-30-51(55)53-37-46(32-33-56(53)59)58-62-40(2)61-57(63-58)45-24-16-22-43(35-45)41-18-6-3-7-19-41/h3-38H,1-2H3. The summed E-state index contributed by atoms with van der Waals surface area (Å²) in [5, 5.41) is 0. The van der Waals surface area contributed by atoms with Crippen LogP contribution < -0.4 is 0 Å². The summed E-state index contributed by atoms with van der Waals surface area (Å²) in [6.07, 6.45) is 2.01. The molecule has 0 saturated heterocycles. The van der Waals surface area contributed by atoms with Gasteiger partial charge in [0.15, 0.2) is 11.6 Å². The first kappa shape index (κ1) is 37.9. The fraction of sp³-hybridized carbons (Fsp3) is 0.0508. The maximum absolute atomic E-state index is 5.13. The molecule has 2 heterocycles. The van der Waals surface area contributed by atoms with Gasteiger partial charge < -0.3 is 0 Å². The number of aromatic nitrogens is 4. The smallest absolute Gasteiger partial charge is 0.163 e. The van der Waals surface area contributed by atoms with E-state index < -0.39 is 5.41 Å². The van der Waals surface area contributed by atoms with E-state index in [0.717, 1.165) is 50.2 Å². The summed E-state index contributed by atoms with van der Waals surface area (Å²) in [5.41, 5.74) is 18.7. The zero-order valence-corrected chi connectivity index (χ0v) is 35.1. The van der Waals surface area contributed by atoms with Crippen molar-refractivity contribution in [3.63, 3.8) is 0 Å². The van der Waals surface area contributed by atoms with E-state index in [4.69, 9.17) is 19.9 Å². The first-order valence-corrected chi connectivity index (χ1v) is 21.5. The van der Waals surface area contributed by atoms with Gasteiger partial charge in [0.1, 0.15) is 5.82 Å². The summed E-state index contributed by atoms with van der Waals surface area (Å²) >= 11 is 0. The van der Waals surface area contributed by atoms with E-state index in [1.54, 1.807) is 0 Å². The molecule has 4 nitrogen and oxygen atoms in total. The van der Waals surface area contributed by atoms with Crippen molar-refractivity contribution in [2.45, 2.75) is 19.3 Å². The first-order chi connectivity index (χ1) is 31.0. The van der Waals surface area contributed by atoms with Gasteiger partial charge in [-0.2, -0.15) is 0 Å². The van der Waals surface area contributed by atoms with Gasteiger partial charge in [-0.15, -0.1) is 0 Å². The summed E-state index contributed by atoms with van der Waals surface area (Å²) < 4.78 is 0. The van der Waals surface area contributed by atoms with Crippen molar-refractivity contribution < 1.29 is 0 Å². The Hall–Kier alpha value is -8.08. The van der Waals surface area contributed by atoms with Crippen molar-refractivity contribution in [3.05, 3.63) is 252 Å². The van der Waals surface area contributed by atoms with Gasteiger partial charge in [0.2, 0.25) is 0 Å². The number of aryl methyl sites for hydroxylation is 2. The molecular weight excluding hydrogens is 765 g/mol. The molecule has 298 valence electrons. The fourth-order valence-corrected chi connectivity index (χ4v) is 9.63. The molecule has 4 heteroatoms. The third kappa shape index (κ3) is 6.64. The molecule has 8 aromatic carbocycles. The lowest BCUT2D eigenvalue weighted by Crippen LogP contribution is -2.28. The van der Waals surface area contributed by atoms with Gasteiger partial charge in [0.25, 0.3) is 0 Å². The van der Waals surface area contributed by atoms with Gasteiger partial charge in [0, 0.05) is 28.6 Å². The minimum atomic E-state index is -0.600. The van der Waals surface area contributed by atoms with Crippen LogP contribution in [0.1, 0.15) is 33.8 Å². The minimum absolute atomic E-state index is 0.600. The van der Waals surface area contributed by atoms with Crippen molar-refractivity contribution in [1.29, 1.82) is 0 Å². The highest BCUT2D eigenvalue weighted by Crippen LogP contribution is 2.57. The van der Waals surface area contributed by atoms with Crippen LogP contribution in [0, 0.1) is 13.8 Å². The quantitative estimate of drug-likeness (QED) is 0.153. The van der Waals surface area contributed by atoms with Crippen LogP contribution in [0.5, 0.6) is 0 Å². The molecular formula is C59H42N4. The van der Waals surface area contributed by atoms with Gasteiger partial charge in [-0.25, -0.2) is 15.0 Å². The van der Waals surface area contributed by atoms with Crippen molar-refractivity contribution >= 4 is 0 Å². The van der Waals surface area contributed by atoms with Gasteiger partial charge in [-0.05, 0) is 110 Å².